The molecular formula is C11H11F3O4. The van der Waals surface area contributed by atoms with Gasteiger partial charge in [0.25, 0.3) is 0 Å². The van der Waals surface area contributed by atoms with E-state index in [9.17, 15) is 18.0 Å². The molecule has 1 N–H and O–H groups in total. The first-order valence-corrected chi connectivity index (χ1v) is 4.88. The van der Waals surface area contributed by atoms with Crippen LogP contribution in [0.3, 0.4) is 0 Å². The third-order valence-corrected chi connectivity index (χ3v) is 2.09. The SMILES string of the molecule is COc1ccc([C@H](OCC(=O)O)C(F)(F)F)cc1. The molecule has 0 aliphatic heterocycles. The van der Waals surface area contributed by atoms with Gasteiger partial charge in [0.15, 0.2) is 6.10 Å². The van der Waals surface area contributed by atoms with E-state index in [1.54, 1.807) is 0 Å². The van der Waals surface area contributed by atoms with E-state index in [2.05, 4.69) is 4.74 Å². The van der Waals surface area contributed by atoms with Gasteiger partial charge in [-0.1, -0.05) is 12.1 Å². The fourth-order valence-corrected chi connectivity index (χ4v) is 1.31. The molecule has 0 unspecified atom stereocenters. The Labute approximate surface area is 101 Å². The van der Waals surface area contributed by atoms with Crippen LogP contribution in [-0.4, -0.2) is 31.0 Å². The highest BCUT2D eigenvalue weighted by Crippen LogP contribution is 2.36. The van der Waals surface area contributed by atoms with Crippen LogP contribution in [-0.2, 0) is 9.53 Å². The molecule has 1 rings (SSSR count). The number of ether oxygens (including phenoxy) is 2. The van der Waals surface area contributed by atoms with Crippen molar-refractivity contribution in [1.29, 1.82) is 0 Å². The summed E-state index contributed by atoms with van der Waals surface area (Å²) in [7, 11) is 1.39. The zero-order chi connectivity index (χ0) is 13.8. The number of rotatable bonds is 5. The van der Waals surface area contributed by atoms with Crippen LogP contribution in [0.5, 0.6) is 5.75 Å². The summed E-state index contributed by atoms with van der Waals surface area (Å²) in [5.74, 6) is -1.06. The van der Waals surface area contributed by atoms with E-state index in [0.717, 1.165) is 0 Å². The van der Waals surface area contributed by atoms with Crippen molar-refractivity contribution in [1.82, 2.24) is 0 Å². The summed E-state index contributed by atoms with van der Waals surface area (Å²) in [5.41, 5.74) is -0.176. The maximum Gasteiger partial charge on any atom is 0.418 e. The molecule has 0 fully saturated rings. The summed E-state index contributed by atoms with van der Waals surface area (Å²) in [6.07, 6.45) is -6.94. The van der Waals surface area contributed by atoms with Gasteiger partial charge in [-0.25, -0.2) is 4.79 Å². The van der Waals surface area contributed by atoms with Crippen molar-refractivity contribution >= 4 is 5.97 Å². The zero-order valence-electron chi connectivity index (χ0n) is 9.40. The van der Waals surface area contributed by atoms with Crippen LogP contribution in [0.2, 0.25) is 0 Å². The molecule has 0 bridgehead atoms. The van der Waals surface area contributed by atoms with Gasteiger partial charge in [0.1, 0.15) is 12.4 Å². The molecule has 18 heavy (non-hydrogen) atoms. The van der Waals surface area contributed by atoms with Crippen molar-refractivity contribution in [3.8, 4) is 5.75 Å². The molecule has 0 spiro atoms. The quantitative estimate of drug-likeness (QED) is 0.887. The van der Waals surface area contributed by atoms with Gasteiger partial charge < -0.3 is 14.6 Å². The molecule has 1 aromatic carbocycles. The van der Waals surface area contributed by atoms with Crippen molar-refractivity contribution in [3.05, 3.63) is 29.8 Å². The Balaban J connectivity index is 2.90. The Morgan fingerprint density at radius 1 is 1.33 bits per heavy atom. The monoisotopic (exact) mass is 264 g/mol. The van der Waals surface area contributed by atoms with Gasteiger partial charge in [-0.2, -0.15) is 13.2 Å². The molecule has 1 atom stereocenters. The third kappa shape index (κ3) is 3.92. The fraction of sp³-hybridized carbons (Fsp3) is 0.364. The largest absolute Gasteiger partial charge is 0.497 e. The molecule has 0 amide bonds. The second kappa shape index (κ2) is 5.72. The first kappa shape index (κ1) is 14.3. The molecule has 0 radical (unpaired) electrons. The molecule has 7 heteroatoms. The molecule has 4 nitrogen and oxygen atoms in total. The van der Waals surface area contributed by atoms with Crippen LogP contribution in [0.1, 0.15) is 11.7 Å². The normalized spacial score (nSPS) is 13.1. The molecule has 100 valence electrons. The predicted molar refractivity (Wildman–Crippen MR) is 55.4 cm³/mol. The lowest BCUT2D eigenvalue weighted by Gasteiger charge is -2.20. The summed E-state index contributed by atoms with van der Waals surface area (Å²) in [4.78, 5) is 10.3. The van der Waals surface area contributed by atoms with Crippen molar-refractivity contribution in [2.75, 3.05) is 13.7 Å². The van der Waals surface area contributed by atoms with Gasteiger partial charge in [-0.3, -0.25) is 0 Å². The summed E-state index contributed by atoms with van der Waals surface area (Å²) in [5, 5.41) is 8.34. The number of methoxy groups -OCH3 is 1. The Bertz CT molecular complexity index is 400. The summed E-state index contributed by atoms with van der Waals surface area (Å²) in [6, 6.07) is 5.05. The highest BCUT2D eigenvalue weighted by molar-refractivity contribution is 5.68. The number of hydrogen-bond donors (Lipinski definition) is 1. The maximum atomic E-state index is 12.7. The van der Waals surface area contributed by atoms with Crippen molar-refractivity contribution in [2.45, 2.75) is 12.3 Å². The Kier molecular flexibility index (Phi) is 4.55. The van der Waals surface area contributed by atoms with Crippen LogP contribution in [0.15, 0.2) is 24.3 Å². The number of benzene rings is 1. The van der Waals surface area contributed by atoms with Crippen LogP contribution in [0.4, 0.5) is 13.2 Å². The van der Waals surface area contributed by atoms with E-state index in [-0.39, 0.29) is 5.56 Å². The second-order valence-electron chi connectivity index (χ2n) is 3.40. The van der Waals surface area contributed by atoms with Crippen molar-refractivity contribution < 1.29 is 32.5 Å². The van der Waals surface area contributed by atoms with Gasteiger partial charge in [-0.05, 0) is 17.7 Å². The molecule has 0 saturated carbocycles. The lowest BCUT2D eigenvalue weighted by atomic mass is 10.1. The Morgan fingerprint density at radius 3 is 2.28 bits per heavy atom. The molecule has 1 aromatic rings. The number of aliphatic carboxylic acids is 1. The number of hydrogen-bond acceptors (Lipinski definition) is 3. The summed E-state index contributed by atoms with van der Waals surface area (Å²) >= 11 is 0. The van der Waals surface area contributed by atoms with Crippen LogP contribution < -0.4 is 4.74 Å². The average molecular weight is 264 g/mol. The van der Waals surface area contributed by atoms with Crippen molar-refractivity contribution in [2.24, 2.45) is 0 Å². The van der Waals surface area contributed by atoms with Gasteiger partial charge >= 0.3 is 12.1 Å². The van der Waals surface area contributed by atoms with E-state index in [1.165, 1.54) is 31.4 Å². The number of carbonyl (C=O) groups is 1. The molecule has 0 aromatic heterocycles. The number of carboxylic acid groups (broad SMARTS) is 1. The second-order valence-corrected chi connectivity index (χ2v) is 3.40. The number of halogens is 3. The summed E-state index contributed by atoms with van der Waals surface area (Å²) in [6.45, 7) is -1.02. The molecular weight excluding hydrogens is 253 g/mol. The van der Waals surface area contributed by atoms with Crippen LogP contribution in [0, 0.1) is 0 Å². The van der Waals surface area contributed by atoms with E-state index in [4.69, 9.17) is 9.84 Å². The standard InChI is InChI=1S/C11H11F3O4/c1-17-8-4-2-7(3-5-8)10(11(12,13)14)18-6-9(15)16/h2-5,10H,6H2,1H3,(H,15,16)/t10-/m0/s1. The minimum atomic E-state index is -4.68. The lowest BCUT2D eigenvalue weighted by Crippen LogP contribution is -2.25. The van der Waals surface area contributed by atoms with Gasteiger partial charge in [0.2, 0.25) is 0 Å². The average Bonchev–Trinajstić information content (AvgIpc) is 2.28. The highest BCUT2D eigenvalue weighted by atomic mass is 19.4. The van der Waals surface area contributed by atoms with Crippen LogP contribution >= 0.6 is 0 Å². The van der Waals surface area contributed by atoms with E-state index in [1.807, 2.05) is 0 Å². The van der Waals surface area contributed by atoms with E-state index in [0.29, 0.717) is 5.75 Å². The van der Waals surface area contributed by atoms with E-state index < -0.39 is 24.9 Å². The summed E-state index contributed by atoms with van der Waals surface area (Å²) < 4.78 is 47.2. The van der Waals surface area contributed by atoms with Crippen molar-refractivity contribution in [3.63, 3.8) is 0 Å². The third-order valence-electron chi connectivity index (χ3n) is 2.09. The topological polar surface area (TPSA) is 55.8 Å². The predicted octanol–water partition coefficient (Wildman–Crippen LogP) is 2.40. The minimum Gasteiger partial charge on any atom is -0.497 e. The first-order valence-electron chi connectivity index (χ1n) is 4.88. The molecule has 0 heterocycles. The first-order chi connectivity index (χ1) is 8.34. The lowest BCUT2D eigenvalue weighted by molar-refractivity contribution is -0.225. The molecule has 0 aliphatic carbocycles. The molecule has 0 aliphatic rings. The molecule has 0 saturated heterocycles. The Morgan fingerprint density at radius 2 is 1.89 bits per heavy atom. The maximum absolute atomic E-state index is 12.7. The number of carboxylic acids is 1. The van der Waals surface area contributed by atoms with Gasteiger partial charge in [0.05, 0.1) is 7.11 Å². The highest BCUT2D eigenvalue weighted by Gasteiger charge is 2.42. The zero-order valence-corrected chi connectivity index (χ0v) is 9.40. The smallest absolute Gasteiger partial charge is 0.418 e. The van der Waals surface area contributed by atoms with Gasteiger partial charge in [-0.15, -0.1) is 0 Å². The fourth-order valence-electron chi connectivity index (χ4n) is 1.31. The number of alkyl halides is 3. The van der Waals surface area contributed by atoms with Gasteiger partial charge in [0, 0.05) is 0 Å². The van der Waals surface area contributed by atoms with E-state index >= 15 is 0 Å². The van der Waals surface area contributed by atoms with Crippen LogP contribution in [0.25, 0.3) is 0 Å². The minimum absolute atomic E-state index is 0.176. The Hall–Kier alpha value is -1.76.